The molecule has 2 aromatic carbocycles. The Kier molecular flexibility index (Phi) is 5.93. The Labute approximate surface area is 207 Å². The minimum absolute atomic E-state index is 0.0860. The Morgan fingerprint density at radius 3 is 2.50 bits per heavy atom. The zero-order valence-corrected chi connectivity index (χ0v) is 20.7. The minimum atomic E-state index is -0.274. The highest BCUT2D eigenvalue weighted by Gasteiger charge is 2.20. The molecule has 0 saturated carbocycles. The number of ether oxygens (including phenoxy) is 1. The summed E-state index contributed by atoms with van der Waals surface area (Å²) in [7, 11) is 1.57. The second kappa shape index (κ2) is 9.21. The van der Waals surface area contributed by atoms with Crippen LogP contribution >= 0.6 is 0 Å². The quantitative estimate of drug-likeness (QED) is 0.378. The van der Waals surface area contributed by atoms with Crippen LogP contribution in [0.5, 0.6) is 5.75 Å². The third-order valence-electron chi connectivity index (χ3n) is 5.94. The van der Waals surface area contributed by atoms with Gasteiger partial charge < -0.3 is 10.1 Å². The van der Waals surface area contributed by atoms with Gasteiger partial charge in [-0.3, -0.25) is 4.79 Å². The molecule has 0 saturated heterocycles. The van der Waals surface area contributed by atoms with Crippen LogP contribution in [-0.4, -0.2) is 48.0 Å². The molecule has 0 aliphatic heterocycles. The van der Waals surface area contributed by atoms with E-state index in [0.29, 0.717) is 45.2 Å². The summed E-state index contributed by atoms with van der Waals surface area (Å²) in [5.41, 5.74) is 5.11. The molecule has 0 aliphatic rings. The van der Waals surface area contributed by atoms with Crippen LogP contribution < -0.4 is 10.1 Å². The van der Waals surface area contributed by atoms with Crippen molar-refractivity contribution in [2.45, 2.75) is 33.7 Å². The van der Waals surface area contributed by atoms with E-state index in [1.54, 1.807) is 43.1 Å². The average Bonchev–Trinajstić information content (AvgIpc) is 3.50. The van der Waals surface area contributed by atoms with Crippen LogP contribution in [0.2, 0.25) is 0 Å². The number of fused-ring (bicyclic) bond motifs is 1. The molecule has 0 radical (unpaired) electrons. The van der Waals surface area contributed by atoms with Crippen molar-refractivity contribution in [1.82, 2.24) is 35.0 Å². The van der Waals surface area contributed by atoms with Crippen LogP contribution in [0.1, 0.15) is 41.6 Å². The van der Waals surface area contributed by atoms with Gasteiger partial charge in [0.2, 0.25) is 0 Å². The predicted molar refractivity (Wildman–Crippen MR) is 136 cm³/mol. The topological polar surface area (TPSA) is 113 Å². The fraction of sp³-hybridized carbons (Fsp3) is 0.231. The summed E-state index contributed by atoms with van der Waals surface area (Å²) in [6.45, 7) is 7.89. The van der Waals surface area contributed by atoms with E-state index in [-0.39, 0.29) is 11.9 Å². The fourth-order valence-electron chi connectivity index (χ4n) is 4.04. The number of methoxy groups -OCH3 is 1. The molecule has 1 amide bonds. The molecule has 0 atom stereocenters. The van der Waals surface area contributed by atoms with Crippen molar-refractivity contribution in [2.75, 3.05) is 12.4 Å². The molecule has 0 unspecified atom stereocenters. The van der Waals surface area contributed by atoms with E-state index in [1.807, 2.05) is 55.8 Å². The van der Waals surface area contributed by atoms with Gasteiger partial charge in [-0.15, -0.1) is 5.10 Å². The molecular weight excluding hydrogens is 456 g/mol. The van der Waals surface area contributed by atoms with E-state index in [4.69, 9.17) is 9.72 Å². The number of rotatable bonds is 6. The monoisotopic (exact) mass is 482 g/mol. The van der Waals surface area contributed by atoms with Gasteiger partial charge in [-0.05, 0) is 62.4 Å². The number of pyridine rings is 1. The Morgan fingerprint density at radius 2 is 1.83 bits per heavy atom. The van der Waals surface area contributed by atoms with E-state index in [0.717, 1.165) is 11.1 Å². The molecular formula is C26H26N8O2. The van der Waals surface area contributed by atoms with Gasteiger partial charge >= 0.3 is 0 Å². The van der Waals surface area contributed by atoms with Crippen molar-refractivity contribution in [3.8, 4) is 22.7 Å². The van der Waals surface area contributed by atoms with Gasteiger partial charge in [-0.25, -0.2) is 9.67 Å². The summed E-state index contributed by atoms with van der Waals surface area (Å²) < 4.78 is 8.86. The molecule has 10 nitrogen and oxygen atoms in total. The first kappa shape index (κ1) is 23.2. The van der Waals surface area contributed by atoms with Crippen molar-refractivity contribution < 1.29 is 9.53 Å². The van der Waals surface area contributed by atoms with E-state index in [9.17, 15) is 4.79 Å². The summed E-state index contributed by atoms with van der Waals surface area (Å²) in [4.78, 5) is 18.5. The standard InChI is InChI=1S/C26H26N8O2/c1-15(2)33-25-21(14-27-33)20(13-22(29-25)18-8-6-16(3)7-9-18)26(35)28-19-10-11-24(36-5)23(12-19)34-17(4)30-31-32-34/h6-15H,1-5H3,(H,28,35). The molecule has 0 spiro atoms. The number of nitrogens with zero attached hydrogens (tertiary/aromatic N) is 7. The van der Waals surface area contributed by atoms with Gasteiger partial charge in [-0.2, -0.15) is 9.78 Å². The molecule has 5 aromatic rings. The summed E-state index contributed by atoms with van der Waals surface area (Å²) >= 11 is 0. The molecule has 0 aliphatic carbocycles. The number of aromatic nitrogens is 7. The number of carbonyl (C=O) groups is 1. The van der Waals surface area contributed by atoms with E-state index >= 15 is 0 Å². The fourth-order valence-corrected chi connectivity index (χ4v) is 4.04. The number of aryl methyl sites for hydroxylation is 2. The number of nitrogens with one attached hydrogen (secondary N) is 1. The lowest BCUT2D eigenvalue weighted by molar-refractivity contribution is 0.102. The smallest absolute Gasteiger partial charge is 0.256 e. The number of amides is 1. The maximum Gasteiger partial charge on any atom is 0.256 e. The van der Waals surface area contributed by atoms with Crippen molar-refractivity contribution >= 4 is 22.6 Å². The second-order valence-electron chi connectivity index (χ2n) is 8.82. The van der Waals surface area contributed by atoms with Crippen molar-refractivity contribution in [3.05, 3.63) is 71.7 Å². The van der Waals surface area contributed by atoms with Crippen LogP contribution in [0.25, 0.3) is 28.0 Å². The number of anilines is 1. The summed E-state index contributed by atoms with van der Waals surface area (Å²) in [5, 5.41) is 19.9. The molecule has 0 fully saturated rings. The van der Waals surface area contributed by atoms with Gasteiger partial charge in [0.15, 0.2) is 11.5 Å². The maximum absolute atomic E-state index is 13.6. The highest BCUT2D eigenvalue weighted by atomic mass is 16.5. The van der Waals surface area contributed by atoms with Gasteiger partial charge in [0.05, 0.1) is 30.0 Å². The third-order valence-corrected chi connectivity index (χ3v) is 5.94. The van der Waals surface area contributed by atoms with E-state index in [2.05, 4.69) is 25.9 Å². The highest BCUT2D eigenvalue weighted by molar-refractivity contribution is 6.12. The molecule has 5 rings (SSSR count). The van der Waals surface area contributed by atoms with Crippen LogP contribution in [0.15, 0.2) is 54.7 Å². The second-order valence-corrected chi connectivity index (χ2v) is 8.82. The Bertz CT molecular complexity index is 1570. The van der Waals surface area contributed by atoms with Crippen molar-refractivity contribution in [3.63, 3.8) is 0 Å². The molecule has 36 heavy (non-hydrogen) atoms. The zero-order valence-electron chi connectivity index (χ0n) is 20.7. The van der Waals surface area contributed by atoms with Gasteiger partial charge in [-0.1, -0.05) is 29.8 Å². The first-order valence-corrected chi connectivity index (χ1v) is 11.6. The highest BCUT2D eigenvalue weighted by Crippen LogP contribution is 2.29. The Balaban J connectivity index is 1.58. The van der Waals surface area contributed by atoms with Crippen LogP contribution in [0, 0.1) is 13.8 Å². The number of hydrogen-bond donors (Lipinski definition) is 1. The van der Waals surface area contributed by atoms with Gasteiger partial charge in [0, 0.05) is 17.3 Å². The van der Waals surface area contributed by atoms with E-state index < -0.39 is 0 Å². The molecule has 0 bridgehead atoms. The van der Waals surface area contributed by atoms with Crippen LogP contribution in [-0.2, 0) is 0 Å². The number of hydrogen-bond acceptors (Lipinski definition) is 7. The maximum atomic E-state index is 13.6. The molecule has 3 aromatic heterocycles. The largest absolute Gasteiger partial charge is 0.494 e. The molecule has 1 N–H and O–H groups in total. The lowest BCUT2D eigenvalue weighted by Gasteiger charge is -2.13. The van der Waals surface area contributed by atoms with Gasteiger partial charge in [0.25, 0.3) is 5.91 Å². The third kappa shape index (κ3) is 4.17. The first-order valence-electron chi connectivity index (χ1n) is 11.6. The van der Waals surface area contributed by atoms with Crippen LogP contribution in [0.4, 0.5) is 5.69 Å². The summed E-state index contributed by atoms with van der Waals surface area (Å²) in [5.74, 6) is 0.898. The summed E-state index contributed by atoms with van der Waals surface area (Å²) in [6.07, 6.45) is 1.69. The van der Waals surface area contributed by atoms with E-state index in [1.165, 1.54) is 0 Å². The van der Waals surface area contributed by atoms with Crippen molar-refractivity contribution in [1.29, 1.82) is 0 Å². The molecule has 10 heteroatoms. The zero-order chi connectivity index (χ0) is 25.4. The SMILES string of the molecule is COc1ccc(NC(=O)c2cc(-c3ccc(C)cc3)nc3c2cnn3C(C)C)cc1-n1nnnc1C. The number of tetrazole rings is 1. The van der Waals surface area contributed by atoms with Gasteiger partial charge in [0.1, 0.15) is 11.4 Å². The lowest BCUT2D eigenvalue weighted by atomic mass is 10.0. The minimum Gasteiger partial charge on any atom is -0.494 e. The first-order chi connectivity index (χ1) is 17.4. The average molecular weight is 483 g/mol. The molecule has 182 valence electrons. The molecule has 3 heterocycles. The summed E-state index contributed by atoms with van der Waals surface area (Å²) in [6, 6.07) is 15.3. The van der Waals surface area contributed by atoms with Crippen LogP contribution in [0.3, 0.4) is 0 Å². The Hall–Kier alpha value is -4.60. The predicted octanol–water partition coefficient (Wildman–Crippen LogP) is 4.53. The Morgan fingerprint density at radius 1 is 1.06 bits per heavy atom. The number of carbonyl (C=O) groups excluding carboxylic acids is 1. The lowest BCUT2D eigenvalue weighted by Crippen LogP contribution is -2.14. The number of benzene rings is 2. The van der Waals surface area contributed by atoms with Crippen molar-refractivity contribution in [2.24, 2.45) is 0 Å². The normalized spacial score (nSPS) is 11.3.